The van der Waals surface area contributed by atoms with E-state index in [1.807, 2.05) is 18.2 Å². The van der Waals surface area contributed by atoms with E-state index >= 15 is 0 Å². The highest BCUT2D eigenvalue weighted by Gasteiger charge is 2.70. The number of epoxide rings is 1. The summed E-state index contributed by atoms with van der Waals surface area (Å²) < 4.78 is 6.34. The highest BCUT2D eigenvalue weighted by molar-refractivity contribution is 6.25. The zero-order valence-electron chi connectivity index (χ0n) is 20.2. The van der Waals surface area contributed by atoms with E-state index < -0.39 is 10.7 Å². The van der Waals surface area contributed by atoms with Crippen LogP contribution in [0, 0.1) is 0 Å². The Balaban J connectivity index is 1.33. The molecule has 1 fully saturated rings. The molecule has 2 unspecified atom stereocenters. The number of hydrogen-bond donors (Lipinski definition) is 0. The molecule has 176 valence electrons. The van der Waals surface area contributed by atoms with Gasteiger partial charge in [-0.05, 0) is 12.0 Å². The summed E-state index contributed by atoms with van der Waals surface area (Å²) in [7, 11) is 0. The third kappa shape index (κ3) is 6.84. The molecule has 2 aromatic carbocycles. The molecule has 0 aromatic heterocycles. The summed E-state index contributed by atoms with van der Waals surface area (Å²) in [6.07, 6.45) is 20.2. The highest BCUT2D eigenvalue weighted by Crippen LogP contribution is 2.67. The van der Waals surface area contributed by atoms with Crippen molar-refractivity contribution in [3.05, 3.63) is 71.8 Å². The quantitative estimate of drug-likeness (QED) is 0.131. The number of alkyl halides is 1. The minimum atomic E-state index is -0.730. The molecule has 0 amide bonds. The van der Waals surface area contributed by atoms with Gasteiger partial charge >= 0.3 is 0 Å². The standard InChI is InChI=1S/C30H43ClO/c1-2-3-4-5-6-7-8-9-10-11-12-13-14-21-26-29(27-22-17-15-18-23-27)30(31,32-29)28-24-19-16-20-25-28/h15-20,22-25H,2-14,21,26H2,1H3. The minimum Gasteiger partial charge on any atom is -0.336 e. The first-order chi connectivity index (χ1) is 15.7. The smallest absolute Gasteiger partial charge is 0.201 e. The van der Waals surface area contributed by atoms with Gasteiger partial charge in [0, 0.05) is 5.56 Å². The van der Waals surface area contributed by atoms with Crippen molar-refractivity contribution < 1.29 is 4.74 Å². The van der Waals surface area contributed by atoms with Gasteiger partial charge < -0.3 is 4.74 Å². The predicted octanol–water partition coefficient (Wildman–Crippen LogP) is 9.88. The second kappa shape index (κ2) is 13.4. The van der Waals surface area contributed by atoms with Gasteiger partial charge in [0.2, 0.25) is 5.06 Å². The summed E-state index contributed by atoms with van der Waals surface area (Å²) in [5.41, 5.74) is 1.87. The molecule has 2 atom stereocenters. The molecule has 1 aliphatic heterocycles. The molecular weight excluding hydrogens is 412 g/mol. The first-order valence-electron chi connectivity index (χ1n) is 13.2. The predicted molar refractivity (Wildman–Crippen MR) is 138 cm³/mol. The van der Waals surface area contributed by atoms with Crippen molar-refractivity contribution in [2.75, 3.05) is 0 Å². The lowest BCUT2D eigenvalue weighted by Gasteiger charge is -2.17. The Hall–Kier alpha value is -1.31. The van der Waals surface area contributed by atoms with Crippen molar-refractivity contribution in [2.24, 2.45) is 0 Å². The van der Waals surface area contributed by atoms with Crippen LogP contribution in [0.1, 0.15) is 114 Å². The molecule has 0 N–H and O–H groups in total. The Morgan fingerprint density at radius 2 is 0.969 bits per heavy atom. The van der Waals surface area contributed by atoms with Crippen molar-refractivity contribution in [1.29, 1.82) is 0 Å². The van der Waals surface area contributed by atoms with E-state index in [9.17, 15) is 0 Å². The van der Waals surface area contributed by atoms with Crippen LogP contribution >= 0.6 is 11.6 Å². The zero-order chi connectivity index (χ0) is 22.5. The largest absolute Gasteiger partial charge is 0.336 e. The third-order valence-electron chi connectivity index (χ3n) is 7.06. The summed E-state index contributed by atoms with van der Waals surface area (Å²) >= 11 is 7.06. The molecule has 1 aliphatic rings. The fourth-order valence-corrected chi connectivity index (χ4v) is 5.50. The SMILES string of the molecule is CCCCCCCCCCCCCCCCC1(c2ccccc2)OC1(Cl)c1ccccc1. The maximum Gasteiger partial charge on any atom is 0.201 e. The minimum absolute atomic E-state index is 0.395. The van der Waals surface area contributed by atoms with E-state index in [4.69, 9.17) is 16.3 Å². The van der Waals surface area contributed by atoms with Crippen LogP contribution in [0.4, 0.5) is 0 Å². The lowest BCUT2D eigenvalue weighted by atomic mass is 9.86. The van der Waals surface area contributed by atoms with E-state index in [-0.39, 0.29) is 0 Å². The van der Waals surface area contributed by atoms with Crippen molar-refractivity contribution in [3.8, 4) is 0 Å². The summed E-state index contributed by atoms with van der Waals surface area (Å²) in [6.45, 7) is 2.29. The Kier molecular flexibility index (Phi) is 10.6. The number of unbranched alkanes of at least 4 members (excludes halogenated alkanes) is 13. The summed E-state index contributed by atoms with van der Waals surface area (Å²) in [5, 5.41) is -0.730. The Morgan fingerprint density at radius 3 is 1.44 bits per heavy atom. The first kappa shape index (κ1) is 25.3. The average Bonchev–Trinajstić information content (AvgIpc) is 3.47. The number of halogens is 1. The lowest BCUT2D eigenvalue weighted by molar-refractivity contribution is 0.271. The second-order valence-corrected chi connectivity index (χ2v) is 10.1. The Labute approximate surface area is 201 Å². The fourth-order valence-electron chi connectivity index (χ4n) is 5.04. The van der Waals surface area contributed by atoms with Gasteiger partial charge in [0.1, 0.15) is 5.60 Å². The van der Waals surface area contributed by atoms with Crippen molar-refractivity contribution in [3.63, 3.8) is 0 Å². The molecule has 1 heterocycles. The molecule has 1 nitrogen and oxygen atoms in total. The van der Waals surface area contributed by atoms with Crippen LogP contribution in [0.25, 0.3) is 0 Å². The van der Waals surface area contributed by atoms with Gasteiger partial charge in [-0.2, -0.15) is 0 Å². The van der Waals surface area contributed by atoms with Crippen LogP contribution in [0.3, 0.4) is 0 Å². The summed E-state index contributed by atoms with van der Waals surface area (Å²) in [4.78, 5) is 0. The molecule has 0 saturated carbocycles. The van der Waals surface area contributed by atoms with Gasteiger partial charge in [-0.3, -0.25) is 0 Å². The maximum atomic E-state index is 7.06. The van der Waals surface area contributed by atoms with Crippen molar-refractivity contribution in [2.45, 2.75) is 114 Å². The topological polar surface area (TPSA) is 12.5 Å². The average molecular weight is 455 g/mol. The monoisotopic (exact) mass is 454 g/mol. The fraction of sp³-hybridized carbons (Fsp3) is 0.600. The molecule has 3 rings (SSSR count). The number of ether oxygens (including phenoxy) is 1. The van der Waals surface area contributed by atoms with Crippen molar-refractivity contribution in [1.82, 2.24) is 0 Å². The van der Waals surface area contributed by atoms with Crippen LogP contribution in [-0.4, -0.2) is 0 Å². The van der Waals surface area contributed by atoms with Gasteiger partial charge in [-0.1, -0.05) is 169 Å². The molecule has 0 spiro atoms. The number of hydrogen-bond acceptors (Lipinski definition) is 1. The lowest BCUT2D eigenvalue weighted by Crippen LogP contribution is -2.18. The Bertz CT molecular complexity index is 746. The molecule has 0 aliphatic carbocycles. The van der Waals surface area contributed by atoms with E-state index in [1.54, 1.807) is 0 Å². The van der Waals surface area contributed by atoms with Crippen LogP contribution in [0.2, 0.25) is 0 Å². The van der Waals surface area contributed by atoms with Crippen LogP contribution in [0.15, 0.2) is 60.7 Å². The zero-order valence-corrected chi connectivity index (χ0v) is 20.9. The van der Waals surface area contributed by atoms with Crippen molar-refractivity contribution >= 4 is 11.6 Å². The normalized spacial score (nSPS) is 22.2. The van der Waals surface area contributed by atoms with E-state index in [0.29, 0.717) is 0 Å². The van der Waals surface area contributed by atoms with Crippen LogP contribution in [0.5, 0.6) is 0 Å². The molecule has 1 saturated heterocycles. The molecule has 32 heavy (non-hydrogen) atoms. The van der Waals surface area contributed by atoms with Gasteiger partial charge in [-0.15, -0.1) is 0 Å². The van der Waals surface area contributed by atoms with Crippen LogP contribution < -0.4 is 0 Å². The van der Waals surface area contributed by atoms with Gasteiger partial charge in [0.25, 0.3) is 0 Å². The molecule has 0 radical (unpaired) electrons. The molecule has 2 aromatic rings. The summed E-state index contributed by atoms with van der Waals surface area (Å²) in [5.74, 6) is 0. The van der Waals surface area contributed by atoms with E-state index in [0.717, 1.165) is 18.4 Å². The van der Waals surface area contributed by atoms with Gasteiger partial charge in [0.15, 0.2) is 0 Å². The second-order valence-electron chi connectivity index (χ2n) is 9.60. The highest BCUT2D eigenvalue weighted by atomic mass is 35.5. The molecule has 0 bridgehead atoms. The Morgan fingerprint density at radius 1 is 0.562 bits per heavy atom. The van der Waals surface area contributed by atoms with Crippen LogP contribution in [-0.2, 0) is 15.4 Å². The van der Waals surface area contributed by atoms with Gasteiger partial charge in [0.05, 0.1) is 0 Å². The summed E-state index contributed by atoms with van der Waals surface area (Å²) in [6, 6.07) is 20.9. The van der Waals surface area contributed by atoms with Gasteiger partial charge in [-0.25, -0.2) is 0 Å². The maximum absolute atomic E-state index is 7.06. The number of rotatable bonds is 17. The first-order valence-corrected chi connectivity index (χ1v) is 13.6. The third-order valence-corrected chi connectivity index (χ3v) is 7.66. The van der Waals surface area contributed by atoms with E-state index in [2.05, 4.69) is 49.4 Å². The molecular formula is C30H43ClO. The van der Waals surface area contributed by atoms with E-state index in [1.165, 1.54) is 89.0 Å². The number of benzene rings is 2. The molecule has 2 heteroatoms.